The van der Waals surface area contributed by atoms with Crippen LogP contribution in [0.1, 0.15) is 62.8 Å². The van der Waals surface area contributed by atoms with Crippen LogP contribution in [-0.2, 0) is 9.59 Å². The minimum absolute atomic E-state index is 0.105. The van der Waals surface area contributed by atoms with Crippen LogP contribution in [0.4, 0.5) is 0 Å². The molecule has 6 heteroatoms. The van der Waals surface area contributed by atoms with Crippen LogP contribution in [0.5, 0.6) is 11.5 Å². The third kappa shape index (κ3) is 5.21. The first-order valence-corrected chi connectivity index (χ1v) is 11.7. The molecule has 0 aliphatic carbocycles. The van der Waals surface area contributed by atoms with Crippen molar-refractivity contribution in [3.05, 3.63) is 64.7 Å². The van der Waals surface area contributed by atoms with Crippen LogP contribution in [0.15, 0.2) is 48.0 Å². The van der Waals surface area contributed by atoms with Crippen LogP contribution >= 0.6 is 0 Å². The third-order valence-electron chi connectivity index (χ3n) is 5.78. The van der Waals surface area contributed by atoms with Crippen molar-refractivity contribution in [2.24, 2.45) is 0 Å². The summed E-state index contributed by atoms with van der Waals surface area (Å²) in [6.45, 7) is 9.26. The molecule has 0 spiro atoms. The first kappa shape index (κ1) is 24.4. The molecule has 0 aromatic heterocycles. The number of likely N-dealkylation sites (tertiary alicyclic amines) is 1. The fourth-order valence-corrected chi connectivity index (χ4v) is 4.20. The second-order valence-electron chi connectivity index (χ2n) is 8.12. The summed E-state index contributed by atoms with van der Waals surface area (Å²) in [5, 5.41) is 11.3. The molecule has 0 saturated carbocycles. The minimum atomic E-state index is -0.672. The lowest BCUT2D eigenvalue weighted by Crippen LogP contribution is -2.30. The van der Waals surface area contributed by atoms with E-state index in [4.69, 9.17) is 9.47 Å². The molecular weight excluding hydrogens is 418 g/mol. The second-order valence-corrected chi connectivity index (χ2v) is 8.12. The minimum Gasteiger partial charge on any atom is -0.507 e. The van der Waals surface area contributed by atoms with Crippen molar-refractivity contribution in [1.82, 2.24) is 4.90 Å². The maximum atomic E-state index is 13.1. The Balaban J connectivity index is 2.12. The maximum Gasteiger partial charge on any atom is 0.295 e. The number of aliphatic hydroxyl groups excluding tert-OH is 1. The van der Waals surface area contributed by atoms with Gasteiger partial charge in [-0.15, -0.1) is 0 Å². The molecule has 1 atom stereocenters. The van der Waals surface area contributed by atoms with Crippen LogP contribution in [0.2, 0.25) is 0 Å². The molecule has 3 rings (SSSR count). The van der Waals surface area contributed by atoms with Crippen LogP contribution in [0.3, 0.4) is 0 Å². The summed E-state index contributed by atoms with van der Waals surface area (Å²) in [5.74, 6) is -0.0464. The molecule has 176 valence electrons. The van der Waals surface area contributed by atoms with E-state index in [0.29, 0.717) is 31.1 Å². The molecule has 0 bridgehead atoms. The number of aryl methyl sites for hydroxylation is 1. The van der Waals surface area contributed by atoms with Gasteiger partial charge in [0.15, 0.2) is 0 Å². The summed E-state index contributed by atoms with van der Waals surface area (Å²) < 4.78 is 11.2. The van der Waals surface area contributed by atoms with Gasteiger partial charge in [-0.05, 0) is 68.7 Å². The van der Waals surface area contributed by atoms with E-state index in [1.807, 2.05) is 45.0 Å². The van der Waals surface area contributed by atoms with Gasteiger partial charge in [0, 0.05) is 12.1 Å². The number of nitrogens with zero attached hydrogens (tertiary/aromatic N) is 1. The fourth-order valence-electron chi connectivity index (χ4n) is 4.20. The number of ether oxygens (including phenoxy) is 2. The number of unbranched alkanes of at least 4 members (excludes halogenated alkanes) is 2. The van der Waals surface area contributed by atoms with Crippen molar-refractivity contribution in [2.75, 3.05) is 19.8 Å². The van der Waals surface area contributed by atoms with E-state index in [1.165, 1.54) is 0 Å². The Bertz CT molecular complexity index is 1040. The van der Waals surface area contributed by atoms with Crippen LogP contribution < -0.4 is 9.47 Å². The molecule has 1 aliphatic heterocycles. The van der Waals surface area contributed by atoms with Crippen molar-refractivity contribution in [1.29, 1.82) is 0 Å². The molecule has 6 nitrogen and oxygen atoms in total. The molecule has 33 heavy (non-hydrogen) atoms. The van der Waals surface area contributed by atoms with Crippen molar-refractivity contribution < 1.29 is 24.2 Å². The summed E-state index contributed by atoms with van der Waals surface area (Å²) in [6, 6.07) is 12.0. The smallest absolute Gasteiger partial charge is 0.295 e. The highest BCUT2D eigenvalue weighted by Crippen LogP contribution is 2.40. The standard InChI is InChI=1S/C27H33NO5/c1-5-8-9-15-28-24(19-11-10-12-21(17-19)32-6-2)23(26(30)27(28)31)25(29)20-13-14-22(33-7-3)18(4)16-20/h10-14,16-17,24,29H,5-9,15H2,1-4H3/b25-23+. The highest BCUT2D eigenvalue weighted by molar-refractivity contribution is 6.46. The molecule has 2 aromatic rings. The van der Waals surface area contributed by atoms with Crippen molar-refractivity contribution in [2.45, 2.75) is 53.0 Å². The van der Waals surface area contributed by atoms with Gasteiger partial charge in [-0.25, -0.2) is 0 Å². The summed E-state index contributed by atoms with van der Waals surface area (Å²) in [4.78, 5) is 27.8. The quantitative estimate of drug-likeness (QED) is 0.226. The monoisotopic (exact) mass is 451 g/mol. The molecule has 1 unspecified atom stereocenters. The lowest BCUT2D eigenvalue weighted by molar-refractivity contribution is -0.139. The van der Waals surface area contributed by atoms with Crippen molar-refractivity contribution in [3.8, 4) is 11.5 Å². The van der Waals surface area contributed by atoms with E-state index in [-0.39, 0.29) is 11.3 Å². The number of carbonyl (C=O) groups excluding carboxylic acids is 2. The van der Waals surface area contributed by atoms with Gasteiger partial charge in [-0.1, -0.05) is 31.9 Å². The van der Waals surface area contributed by atoms with Gasteiger partial charge in [0.1, 0.15) is 17.3 Å². The van der Waals surface area contributed by atoms with Crippen molar-refractivity contribution >= 4 is 17.4 Å². The molecule has 1 amide bonds. The van der Waals surface area contributed by atoms with E-state index < -0.39 is 17.7 Å². The van der Waals surface area contributed by atoms with E-state index in [1.54, 1.807) is 23.1 Å². The number of amides is 1. The summed E-state index contributed by atoms with van der Waals surface area (Å²) in [7, 11) is 0. The summed E-state index contributed by atoms with van der Waals surface area (Å²) >= 11 is 0. The first-order chi connectivity index (χ1) is 15.9. The SMILES string of the molecule is CCCCCN1C(=O)C(=O)/C(=C(/O)c2ccc(OCC)c(C)c2)C1c1cccc(OCC)c1. The molecule has 1 fully saturated rings. The number of hydrogen-bond acceptors (Lipinski definition) is 5. The lowest BCUT2D eigenvalue weighted by Gasteiger charge is -2.25. The summed E-state index contributed by atoms with van der Waals surface area (Å²) in [6.07, 6.45) is 2.74. The topological polar surface area (TPSA) is 76.1 Å². The van der Waals surface area contributed by atoms with Crippen LogP contribution in [0.25, 0.3) is 5.76 Å². The first-order valence-electron chi connectivity index (χ1n) is 11.7. The Morgan fingerprint density at radius 3 is 2.42 bits per heavy atom. The molecule has 1 saturated heterocycles. The Hall–Kier alpha value is -3.28. The number of Topliss-reactive ketones (excluding diaryl/α,β-unsaturated/α-hetero) is 1. The number of benzene rings is 2. The highest BCUT2D eigenvalue weighted by Gasteiger charge is 2.45. The Morgan fingerprint density at radius 1 is 1.00 bits per heavy atom. The normalized spacial score (nSPS) is 17.5. The molecule has 2 aromatic carbocycles. The molecule has 1 aliphatic rings. The average Bonchev–Trinajstić information content (AvgIpc) is 3.05. The van der Waals surface area contributed by atoms with Gasteiger partial charge in [0.2, 0.25) is 0 Å². The van der Waals surface area contributed by atoms with E-state index in [9.17, 15) is 14.7 Å². The lowest BCUT2D eigenvalue weighted by atomic mass is 9.94. The zero-order valence-electron chi connectivity index (χ0n) is 19.9. The predicted octanol–water partition coefficient (Wildman–Crippen LogP) is 5.40. The number of rotatable bonds is 10. The van der Waals surface area contributed by atoms with Crippen LogP contribution in [-0.4, -0.2) is 41.5 Å². The Kier molecular flexibility index (Phi) is 8.15. The zero-order valence-corrected chi connectivity index (χ0v) is 19.9. The van der Waals surface area contributed by atoms with Gasteiger partial charge in [0.25, 0.3) is 11.7 Å². The summed E-state index contributed by atoms with van der Waals surface area (Å²) in [5.41, 5.74) is 2.16. The van der Waals surface area contributed by atoms with E-state index in [0.717, 1.165) is 36.1 Å². The van der Waals surface area contributed by atoms with E-state index >= 15 is 0 Å². The number of ketones is 1. The third-order valence-corrected chi connectivity index (χ3v) is 5.78. The Morgan fingerprint density at radius 2 is 1.76 bits per heavy atom. The molecule has 1 N–H and O–H groups in total. The molecular formula is C27H33NO5. The van der Waals surface area contributed by atoms with Gasteiger partial charge >= 0.3 is 0 Å². The van der Waals surface area contributed by atoms with E-state index in [2.05, 4.69) is 6.92 Å². The number of aliphatic hydroxyl groups is 1. The predicted molar refractivity (Wildman–Crippen MR) is 128 cm³/mol. The average molecular weight is 452 g/mol. The maximum absolute atomic E-state index is 13.1. The number of hydrogen-bond donors (Lipinski definition) is 1. The highest BCUT2D eigenvalue weighted by atomic mass is 16.5. The Labute approximate surface area is 195 Å². The number of carbonyl (C=O) groups is 2. The zero-order chi connectivity index (χ0) is 24.0. The molecule has 0 radical (unpaired) electrons. The second kappa shape index (κ2) is 11.0. The van der Waals surface area contributed by atoms with Crippen LogP contribution in [0, 0.1) is 6.92 Å². The van der Waals surface area contributed by atoms with Gasteiger partial charge in [-0.3, -0.25) is 9.59 Å². The van der Waals surface area contributed by atoms with Gasteiger partial charge < -0.3 is 19.5 Å². The van der Waals surface area contributed by atoms with Gasteiger partial charge in [-0.2, -0.15) is 0 Å². The molecule has 1 heterocycles. The van der Waals surface area contributed by atoms with Gasteiger partial charge in [0.05, 0.1) is 24.8 Å². The van der Waals surface area contributed by atoms with Crippen molar-refractivity contribution in [3.63, 3.8) is 0 Å². The fraction of sp³-hybridized carbons (Fsp3) is 0.407. The largest absolute Gasteiger partial charge is 0.507 e.